The Kier molecular flexibility index (Phi) is 6.35. The third kappa shape index (κ3) is 4.75. The Morgan fingerprint density at radius 2 is 2.03 bits per heavy atom. The first-order chi connectivity index (χ1) is 17.5. The highest BCUT2D eigenvalue weighted by molar-refractivity contribution is 7.91. The van der Waals surface area contributed by atoms with E-state index in [0.29, 0.717) is 29.4 Å². The molecular weight excluding hydrogens is 497 g/mol. The smallest absolute Gasteiger partial charge is 0.260 e. The zero-order valence-electron chi connectivity index (χ0n) is 21.0. The number of aromatic nitrogens is 1. The quantitative estimate of drug-likeness (QED) is 0.553. The van der Waals surface area contributed by atoms with Crippen molar-refractivity contribution in [3.63, 3.8) is 0 Å². The highest BCUT2D eigenvalue weighted by Gasteiger charge is 2.41. The van der Waals surface area contributed by atoms with Gasteiger partial charge >= 0.3 is 0 Å². The Labute approximate surface area is 215 Å². The summed E-state index contributed by atoms with van der Waals surface area (Å²) < 4.78 is 44.4. The van der Waals surface area contributed by atoms with Crippen LogP contribution in [-0.4, -0.2) is 60.2 Å². The molecule has 37 heavy (non-hydrogen) atoms. The molecule has 5 rings (SSSR count). The van der Waals surface area contributed by atoms with Crippen LogP contribution < -0.4 is 10.2 Å². The lowest BCUT2D eigenvalue weighted by molar-refractivity contribution is -0.111. The summed E-state index contributed by atoms with van der Waals surface area (Å²) in [5.41, 5.74) is 2.07. The largest absolute Gasteiger partial charge is 0.482 e. The fourth-order valence-corrected chi connectivity index (χ4v) is 7.01. The first-order valence-electron chi connectivity index (χ1n) is 12.4. The van der Waals surface area contributed by atoms with Gasteiger partial charge < -0.3 is 20.1 Å². The van der Waals surface area contributed by atoms with Crippen LogP contribution in [0.5, 0.6) is 0 Å². The number of hydrogen-bond donors (Lipinski definition) is 2. The Morgan fingerprint density at radius 1 is 1.24 bits per heavy atom. The Bertz CT molecular complexity index is 1420. The number of aliphatic hydroxyl groups is 1. The molecule has 196 valence electrons. The molecule has 1 amide bonds. The zero-order chi connectivity index (χ0) is 26.5. The number of nitrogens with one attached hydrogen (secondary N) is 1. The number of fused-ring (bicyclic) bond motifs is 1. The fraction of sp³-hybridized carbons (Fsp3) is 0.407. The minimum Gasteiger partial charge on any atom is -0.482 e. The normalized spacial score (nSPS) is 25.4. The highest BCUT2D eigenvalue weighted by Crippen LogP contribution is 2.44. The summed E-state index contributed by atoms with van der Waals surface area (Å²) in [5.74, 6) is -0.191. The number of halogens is 1. The van der Waals surface area contributed by atoms with Gasteiger partial charge in [0.05, 0.1) is 29.2 Å². The van der Waals surface area contributed by atoms with Crippen molar-refractivity contribution in [3.8, 4) is 0 Å². The van der Waals surface area contributed by atoms with Gasteiger partial charge in [-0.2, -0.15) is 0 Å². The number of ether oxygens (including phenoxy) is 1. The SMILES string of the molecule is CCCCN(c1ccc(C2=C/C(=C3\C(=O)Nc4ccc(F)cc43)OC2(C)C)cn1)C1CS(=O)(=O)CC1O. The van der Waals surface area contributed by atoms with Crippen LogP contribution in [0, 0.1) is 5.82 Å². The topological polar surface area (TPSA) is 109 Å². The van der Waals surface area contributed by atoms with E-state index < -0.39 is 33.4 Å². The maximum atomic E-state index is 13.9. The number of unbranched alkanes of at least 4 members (excludes halogenated alkanes) is 1. The summed E-state index contributed by atoms with van der Waals surface area (Å²) in [4.78, 5) is 19.2. The number of amides is 1. The lowest BCUT2D eigenvalue weighted by Gasteiger charge is -2.31. The number of rotatable bonds is 6. The Hall–Kier alpha value is -3.24. The molecule has 3 aliphatic rings. The molecule has 2 aromatic rings. The van der Waals surface area contributed by atoms with Gasteiger partial charge in [0.25, 0.3) is 5.91 Å². The molecule has 3 aliphatic heterocycles. The number of sulfone groups is 1. The number of carbonyl (C=O) groups excluding carboxylic acids is 1. The molecule has 0 spiro atoms. The number of hydrogen-bond acceptors (Lipinski definition) is 7. The fourth-order valence-electron chi connectivity index (χ4n) is 5.20. The van der Waals surface area contributed by atoms with Crippen LogP contribution in [0.3, 0.4) is 0 Å². The van der Waals surface area contributed by atoms with E-state index in [1.807, 2.05) is 30.9 Å². The molecule has 4 heterocycles. The van der Waals surface area contributed by atoms with Crippen molar-refractivity contribution >= 4 is 38.4 Å². The van der Waals surface area contributed by atoms with Gasteiger partial charge in [-0.3, -0.25) is 4.79 Å². The lowest BCUT2D eigenvalue weighted by atomic mass is 9.93. The second-order valence-electron chi connectivity index (χ2n) is 10.2. The summed E-state index contributed by atoms with van der Waals surface area (Å²) in [6.45, 7) is 6.40. The van der Waals surface area contributed by atoms with Crippen LogP contribution in [0.2, 0.25) is 0 Å². The van der Waals surface area contributed by atoms with E-state index in [1.165, 1.54) is 18.2 Å². The summed E-state index contributed by atoms with van der Waals surface area (Å²) in [7, 11) is -3.31. The van der Waals surface area contributed by atoms with Crippen molar-refractivity contribution in [1.29, 1.82) is 0 Å². The van der Waals surface area contributed by atoms with Crippen molar-refractivity contribution in [1.82, 2.24) is 4.98 Å². The van der Waals surface area contributed by atoms with Crippen molar-refractivity contribution in [2.24, 2.45) is 0 Å². The van der Waals surface area contributed by atoms with Gasteiger partial charge in [-0.15, -0.1) is 0 Å². The molecule has 0 saturated carbocycles. The summed E-state index contributed by atoms with van der Waals surface area (Å²) in [6.07, 6.45) is 4.26. The average molecular weight is 528 g/mol. The molecular formula is C27H30FN3O5S. The standard InChI is InChI=1S/C27H30FN3O5S/c1-4-5-10-31(21-14-37(34,35)15-22(21)32)24-9-6-16(13-29-24)19-12-23(36-27(19,2)3)25-18-11-17(28)7-8-20(18)30-26(25)33/h6-9,11-13,21-22,32H,4-5,10,14-15H2,1-3H3,(H,30,33)/b25-23+. The molecule has 1 aromatic carbocycles. The second-order valence-corrected chi connectivity index (χ2v) is 12.4. The van der Waals surface area contributed by atoms with Gasteiger partial charge in [-0.25, -0.2) is 17.8 Å². The predicted octanol–water partition coefficient (Wildman–Crippen LogP) is 3.54. The van der Waals surface area contributed by atoms with Crippen LogP contribution >= 0.6 is 0 Å². The van der Waals surface area contributed by atoms with Gasteiger partial charge in [0.1, 0.15) is 23.0 Å². The Morgan fingerprint density at radius 3 is 2.68 bits per heavy atom. The minimum atomic E-state index is -3.31. The van der Waals surface area contributed by atoms with Crippen LogP contribution in [0.4, 0.5) is 15.9 Å². The molecule has 2 unspecified atom stereocenters. The molecule has 0 bridgehead atoms. The van der Waals surface area contributed by atoms with E-state index in [2.05, 4.69) is 17.2 Å². The van der Waals surface area contributed by atoms with Gasteiger partial charge in [-0.05, 0) is 56.7 Å². The third-order valence-corrected chi connectivity index (χ3v) is 8.76. The van der Waals surface area contributed by atoms with Crippen LogP contribution in [0.15, 0.2) is 48.4 Å². The van der Waals surface area contributed by atoms with Gasteiger partial charge in [0.15, 0.2) is 9.84 Å². The first-order valence-corrected chi connectivity index (χ1v) is 14.2. The van der Waals surface area contributed by atoms with E-state index in [9.17, 15) is 22.7 Å². The monoisotopic (exact) mass is 527 g/mol. The summed E-state index contributed by atoms with van der Waals surface area (Å²) in [6, 6.07) is 7.29. The molecule has 1 aromatic heterocycles. The number of benzene rings is 1. The average Bonchev–Trinajstić information content (AvgIpc) is 3.42. The van der Waals surface area contributed by atoms with Crippen molar-refractivity contribution < 1.29 is 27.4 Å². The summed E-state index contributed by atoms with van der Waals surface area (Å²) in [5, 5.41) is 13.2. The molecule has 1 saturated heterocycles. The molecule has 0 aliphatic carbocycles. The highest BCUT2D eigenvalue weighted by atomic mass is 32.2. The number of carbonyl (C=O) groups is 1. The van der Waals surface area contributed by atoms with Crippen LogP contribution in [0.1, 0.15) is 44.7 Å². The van der Waals surface area contributed by atoms with Gasteiger partial charge in [0, 0.05) is 35.1 Å². The maximum Gasteiger partial charge on any atom is 0.260 e. The first kappa shape index (κ1) is 25.4. The van der Waals surface area contributed by atoms with E-state index in [4.69, 9.17) is 4.74 Å². The van der Waals surface area contributed by atoms with E-state index in [1.54, 1.807) is 12.3 Å². The van der Waals surface area contributed by atoms with Crippen molar-refractivity contribution in [3.05, 3.63) is 65.3 Å². The van der Waals surface area contributed by atoms with Crippen molar-refractivity contribution in [2.75, 3.05) is 28.3 Å². The molecule has 2 N–H and O–H groups in total. The van der Waals surface area contributed by atoms with Crippen molar-refractivity contribution in [2.45, 2.75) is 51.4 Å². The van der Waals surface area contributed by atoms with Gasteiger partial charge in [0.2, 0.25) is 0 Å². The van der Waals surface area contributed by atoms with E-state index in [0.717, 1.165) is 24.0 Å². The number of aliphatic hydroxyl groups excluding tert-OH is 1. The minimum absolute atomic E-state index is 0.103. The lowest BCUT2D eigenvalue weighted by Crippen LogP contribution is -2.44. The molecule has 10 heteroatoms. The number of anilines is 2. The molecule has 1 fully saturated rings. The van der Waals surface area contributed by atoms with E-state index in [-0.39, 0.29) is 23.0 Å². The zero-order valence-corrected chi connectivity index (χ0v) is 21.8. The molecule has 2 atom stereocenters. The van der Waals surface area contributed by atoms with Crippen LogP contribution in [-0.2, 0) is 19.4 Å². The predicted molar refractivity (Wildman–Crippen MR) is 140 cm³/mol. The molecule has 0 radical (unpaired) electrons. The maximum absolute atomic E-state index is 13.9. The second kappa shape index (κ2) is 9.25. The Balaban J connectivity index is 1.49. The summed E-state index contributed by atoms with van der Waals surface area (Å²) >= 11 is 0. The van der Waals surface area contributed by atoms with Gasteiger partial charge in [-0.1, -0.05) is 13.3 Å². The number of allylic oxidation sites excluding steroid dienone is 1. The molecule has 8 nitrogen and oxygen atoms in total. The van der Waals surface area contributed by atoms with E-state index >= 15 is 0 Å². The van der Waals surface area contributed by atoms with Crippen LogP contribution in [0.25, 0.3) is 11.1 Å². The third-order valence-electron chi connectivity index (χ3n) is 7.06. The number of nitrogens with zero attached hydrogens (tertiary/aromatic N) is 2. The number of pyridine rings is 1.